The molecule has 1 aliphatic carbocycles. The molecule has 2 atom stereocenters. The summed E-state index contributed by atoms with van der Waals surface area (Å²) in [5, 5.41) is 10.5. The Bertz CT molecular complexity index is 811. The highest BCUT2D eigenvalue weighted by molar-refractivity contribution is 7.97. The molecule has 0 saturated heterocycles. The van der Waals surface area contributed by atoms with Crippen LogP contribution in [0, 0.1) is 5.82 Å². The molecule has 138 valence electrons. The van der Waals surface area contributed by atoms with Gasteiger partial charge in [0.15, 0.2) is 11.6 Å². The normalized spacial score (nSPS) is 21.6. The third-order valence-corrected chi connectivity index (χ3v) is 6.20. The fraction of sp³-hybridized carbons (Fsp3) is 0.444. The molecule has 2 unspecified atom stereocenters. The number of H-pyrrole nitrogens is 1. The Balaban J connectivity index is 1.45. The number of hydrogen-bond donors (Lipinski definition) is 3. The first-order valence-electron chi connectivity index (χ1n) is 8.94. The third-order valence-electron chi connectivity index (χ3n) is 5.31. The van der Waals surface area contributed by atoms with Crippen molar-refractivity contribution >= 4 is 29.9 Å². The molecular weight excluding hydrogens is 353 g/mol. The van der Waals surface area contributed by atoms with Crippen molar-refractivity contribution in [3.05, 3.63) is 35.3 Å². The van der Waals surface area contributed by atoms with Gasteiger partial charge in [0.1, 0.15) is 0 Å². The van der Waals surface area contributed by atoms with Crippen molar-refractivity contribution in [2.75, 3.05) is 11.9 Å². The van der Waals surface area contributed by atoms with Gasteiger partial charge in [-0.05, 0) is 50.3 Å². The number of anilines is 2. The van der Waals surface area contributed by atoms with Crippen LogP contribution in [0.2, 0.25) is 0 Å². The molecule has 1 saturated carbocycles. The van der Waals surface area contributed by atoms with Crippen LogP contribution in [0.15, 0.2) is 23.1 Å². The average Bonchev–Trinajstić information content (AvgIpc) is 3.38. The fourth-order valence-electron chi connectivity index (χ4n) is 3.85. The van der Waals surface area contributed by atoms with E-state index in [2.05, 4.69) is 20.2 Å². The molecule has 6 nitrogen and oxygen atoms in total. The molecule has 1 amide bonds. The van der Waals surface area contributed by atoms with E-state index in [1.165, 1.54) is 11.9 Å². The Morgan fingerprint density at radius 1 is 1.46 bits per heavy atom. The van der Waals surface area contributed by atoms with Gasteiger partial charge >= 0.3 is 0 Å². The van der Waals surface area contributed by atoms with Gasteiger partial charge in [0.05, 0.1) is 5.69 Å². The SMILES string of the molecule is CCN(C=O)C1CCC(c2cc(Nc3ccc4c(c3F)CNS4)n[nH]2)C1. The summed E-state index contributed by atoms with van der Waals surface area (Å²) >= 11 is 1.46. The number of amides is 1. The van der Waals surface area contributed by atoms with Crippen LogP contribution in [-0.4, -0.2) is 34.1 Å². The number of carbonyl (C=O) groups is 1. The van der Waals surface area contributed by atoms with E-state index >= 15 is 0 Å². The molecule has 3 N–H and O–H groups in total. The lowest BCUT2D eigenvalue weighted by molar-refractivity contribution is -0.119. The number of fused-ring (bicyclic) bond motifs is 1. The van der Waals surface area contributed by atoms with Gasteiger partial charge in [-0.25, -0.2) is 4.39 Å². The van der Waals surface area contributed by atoms with Gasteiger partial charge in [0.25, 0.3) is 0 Å². The van der Waals surface area contributed by atoms with Crippen molar-refractivity contribution in [3.63, 3.8) is 0 Å². The molecule has 26 heavy (non-hydrogen) atoms. The van der Waals surface area contributed by atoms with Crippen molar-refractivity contribution < 1.29 is 9.18 Å². The quantitative estimate of drug-likeness (QED) is 0.532. The van der Waals surface area contributed by atoms with Crippen molar-refractivity contribution in [2.45, 2.75) is 49.6 Å². The van der Waals surface area contributed by atoms with Gasteiger partial charge in [0.2, 0.25) is 6.41 Å². The van der Waals surface area contributed by atoms with Crippen LogP contribution in [0.1, 0.15) is 43.4 Å². The van der Waals surface area contributed by atoms with Gasteiger partial charge in [-0.3, -0.25) is 14.6 Å². The summed E-state index contributed by atoms with van der Waals surface area (Å²) in [6.45, 7) is 3.27. The van der Waals surface area contributed by atoms with Crippen molar-refractivity contribution in [1.82, 2.24) is 19.8 Å². The number of halogens is 1. The fourth-order valence-corrected chi connectivity index (χ4v) is 4.65. The number of carbonyl (C=O) groups excluding carboxylic acids is 1. The maximum absolute atomic E-state index is 14.6. The molecule has 2 aromatic rings. The average molecular weight is 375 g/mol. The number of rotatable bonds is 6. The molecule has 0 spiro atoms. The first-order chi connectivity index (χ1) is 12.7. The highest BCUT2D eigenvalue weighted by Gasteiger charge is 2.30. The summed E-state index contributed by atoms with van der Waals surface area (Å²) in [6.07, 6.45) is 3.90. The summed E-state index contributed by atoms with van der Waals surface area (Å²) in [6, 6.07) is 5.90. The monoisotopic (exact) mass is 375 g/mol. The lowest BCUT2D eigenvalue weighted by atomic mass is 10.0. The summed E-state index contributed by atoms with van der Waals surface area (Å²) in [7, 11) is 0. The second kappa shape index (κ2) is 7.28. The van der Waals surface area contributed by atoms with E-state index in [9.17, 15) is 9.18 Å². The van der Waals surface area contributed by atoms with Crippen LogP contribution in [0.4, 0.5) is 15.9 Å². The first kappa shape index (κ1) is 17.4. The molecular formula is C18H22FN5OS. The third kappa shape index (κ3) is 3.19. The van der Waals surface area contributed by atoms with Gasteiger partial charge in [-0.2, -0.15) is 5.10 Å². The Kier molecular flexibility index (Phi) is 4.86. The smallest absolute Gasteiger partial charge is 0.209 e. The van der Waals surface area contributed by atoms with Crippen LogP contribution in [-0.2, 0) is 11.3 Å². The summed E-state index contributed by atoms with van der Waals surface area (Å²) in [5.41, 5.74) is 2.17. The van der Waals surface area contributed by atoms with Gasteiger partial charge in [-0.1, -0.05) is 0 Å². The first-order valence-corrected chi connectivity index (χ1v) is 9.75. The summed E-state index contributed by atoms with van der Waals surface area (Å²) < 4.78 is 17.7. The van der Waals surface area contributed by atoms with E-state index in [1.54, 1.807) is 6.07 Å². The zero-order chi connectivity index (χ0) is 18.1. The van der Waals surface area contributed by atoms with E-state index in [0.29, 0.717) is 35.6 Å². The summed E-state index contributed by atoms with van der Waals surface area (Å²) in [4.78, 5) is 13.9. The molecule has 2 aliphatic rings. The van der Waals surface area contributed by atoms with Gasteiger partial charge < -0.3 is 10.2 Å². The second-order valence-electron chi connectivity index (χ2n) is 6.76. The Labute approximate surface area is 156 Å². The topological polar surface area (TPSA) is 73.1 Å². The molecule has 1 fully saturated rings. The Hall–Kier alpha value is -2.06. The Morgan fingerprint density at radius 3 is 3.15 bits per heavy atom. The number of benzene rings is 1. The maximum Gasteiger partial charge on any atom is 0.209 e. The van der Waals surface area contributed by atoms with Gasteiger partial charge in [0, 0.05) is 47.3 Å². The lowest BCUT2D eigenvalue weighted by Gasteiger charge is -2.22. The predicted molar refractivity (Wildman–Crippen MR) is 99.8 cm³/mol. The van der Waals surface area contributed by atoms with Crippen LogP contribution in [0.5, 0.6) is 0 Å². The minimum absolute atomic E-state index is 0.227. The minimum atomic E-state index is -0.227. The molecule has 1 aliphatic heterocycles. The highest BCUT2D eigenvalue weighted by atomic mass is 32.2. The van der Waals surface area contributed by atoms with Crippen molar-refractivity contribution in [1.29, 1.82) is 0 Å². The van der Waals surface area contributed by atoms with E-state index in [4.69, 9.17) is 0 Å². The molecule has 4 rings (SSSR count). The number of aromatic amines is 1. The van der Waals surface area contributed by atoms with E-state index in [-0.39, 0.29) is 5.82 Å². The number of nitrogens with zero attached hydrogens (tertiary/aromatic N) is 2. The molecule has 1 aromatic carbocycles. The molecule has 0 bridgehead atoms. The van der Waals surface area contributed by atoms with Crippen LogP contribution in [0.25, 0.3) is 0 Å². The summed E-state index contributed by atoms with van der Waals surface area (Å²) in [5.74, 6) is 0.737. The van der Waals surface area contributed by atoms with Crippen LogP contribution in [0.3, 0.4) is 0 Å². The standard InChI is InChI=1S/C18H22FN5OS/c1-2-24(10-25)12-4-3-11(7-12)15-8-17(23-22-15)21-14-5-6-16-13(18(14)19)9-20-26-16/h5-6,8,10-12,20H,2-4,7,9H2,1H3,(H2,21,22,23). The lowest BCUT2D eigenvalue weighted by Crippen LogP contribution is -2.31. The molecule has 0 radical (unpaired) electrons. The molecule has 1 aromatic heterocycles. The predicted octanol–water partition coefficient (Wildman–Crippen LogP) is 3.52. The van der Waals surface area contributed by atoms with E-state index in [0.717, 1.165) is 42.8 Å². The molecule has 8 heteroatoms. The highest BCUT2D eigenvalue weighted by Crippen LogP contribution is 2.37. The second-order valence-corrected chi connectivity index (χ2v) is 7.69. The van der Waals surface area contributed by atoms with Crippen LogP contribution < -0.4 is 10.0 Å². The van der Waals surface area contributed by atoms with Crippen molar-refractivity contribution in [2.24, 2.45) is 0 Å². The van der Waals surface area contributed by atoms with Crippen molar-refractivity contribution in [3.8, 4) is 0 Å². The molecule has 2 heterocycles. The van der Waals surface area contributed by atoms with E-state index in [1.807, 2.05) is 24.0 Å². The van der Waals surface area contributed by atoms with Crippen LogP contribution >= 0.6 is 11.9 Å². The number of aromatic nitrogens is 2. The zero-order valence-corrected chi connectivity index (χ0v) is 15.4. The maximum atomic E-state index is 14.6. The number of nitrogens with one attached hydrogen (secondary N) is 3. The van der Waals surface area contributed by atoms with E-state index < -0.39 is 0 Å². The Morgan fingerprint density at radius 2 is 2.35 bits per heavy atom. The number of hydrogen-bond acceptors (Lipinski definition) is 5. The largest absolute Gasteiger partial charge is 0.343 e. The zero-order valence-electron chi connectivity index (χ0n) is 14.6. The minimum Gasteiger partial charge on any atom is -0.343 e. The van der Waals surface area contributed by atoms with Gasteiger partial charge in [-0.15, -0.1) is 0 Å².